The molecule has 2 N–H and O–H groups in total. The SMILES string of the molecule is O=C(CN1C(=O)NC2(CCCC2)C1=O)NC[C@H]1COc2ccccc2O1. The Morgan fingerprint density at radius 3 is 2.73 bits per heavy atom. The van der Waals surface area contributed by atoms with Crippen molar-refractivity contribution in [3.63, 3.8) is 0 Å². The monoisotopic (exact) mass is 359 g/mol. The molecule has 1 aromatic carbocycles. The Hall–Kier alpha value is -2.77. The molecule has 1 aromatic rings. The van der Waals surface area contributed by atoms with Gasteiger partial charge in [-0.25, -0.2) is 4.79 Å². The zero-order chi connectivity index (χ0) is 18.1. The van der Waals surface area contributed by atoms with E-state index in [4.69, 9.17) is 9.47 Å². The molecule has 1 spiro atoms. The fourth-order valence-corrected chi connectivity index (χ4v) is 3.73. The predicted molar refractivity (Wildman–Crippen MR) is 90.8 cm³/mol. The molecule has 3 aliphatic rings. The summed E-state index contributed by atoms with van der Waals surface area (Å²) >= 11 is 0. The van der Waals surface area contributed by atoms with Crippen LogP contribution in [0.15, 0.2) is 24.3 Å². The van der Waals surface area contributed by atoms with Gasteiger partial charge in [0.2, 0.25) is 5.91 Å². The van der Waals surface area contributed by atoms with Gasteiger partial charge >= 0.3 is 6.03 Å². The van der Waals surface area contributed by atoms with Crippen molar-refractivity contribution in [2.45, 2.75) is 37.3 Å². The minimum atomic E-state index is -0.790. The molecule has 1 atom stereocenters. The summed E-state index contributed by atoms with van der Waals surface area (Å²) in [6.07, 6.45) is 2.78. The van der Waals surface area contributed by atoms with Crippen LogP contribution < -0.4 is 20.1 Å². The van der Waals surface area contributed by atoms with Crippen LogP contribution in [-0.4, -0.2) is 54.1 Å². The zero-order valence-corrected chi connectivity index (χ0v) is 14.3. The molecule has 1 saturated heterocycles. The van der Waals surface area contributed by atoms with Gasteiger partial charge in [-0.1, -0.05) is 25.0 Å². The number of rotatable bonds is 4. The molecular formula is C18H21N3O5. The summed E-state index contributed by atoms with van der Waals surface area (Å²) in [5.41, 5.74) is -0.790. The van der Waals surface area contributed by atoms with Crippen LogP contribution in [-0.2, 0) is 9.59 Å². The van der Waals surface area contributed by atoms with Crippen molar-refractivity contribution >= 4 is 17.8 Å². The van der Waals surface area contributed by atoms with Gasteiger partial charge in [0, 0.05) is 0 Å². The van der Waals surface area contributed by atoms with Crippen LogP contribution in [0.5, 0.6) is 11.5 Å². The summed E-state index contributed by atoms with van der Waals surface area (Å²) in [6, 6.07) is 6.84. The molecule has 26 heavy (non-hydrogen) atoms. The number of para-hydroxylation sites is 2. The third kappa shape index (κ3) is 2.95. The number of carbonyl (C=O) groups is 3. The Morgan fingerprint density at radius 1 is 1.23 bits per heavy atom. The van der Waals surface area contributed by atoms with E-state index in [1.807, 2.05) is 18.2 Å². The molecule has 1 aliphatic carbocycles. The van der Waals surface area contributed by atoms with Gasteiger partial charge in [-0.15, -0.1) is 0 Å². The van der Waals surface area contributed by atoms with Crippen LogP contribution in [0.4, 0.5) is 4.79 Å². The van der Waals surface area contributed by atoms with Crippen LogP contribution in [0.1, 0.15) is 25.7 Å². The van der Waals surface area contributed by atoms with Crippen LogP contribution in [0.3, 0.4) is 0 Å². The van der Waals surface area contributed by atoms with Crippen LogP contribution in [0.2, 0.25) is 0 Å². The van der Waals surface area contributed by atoms with Gasteiger partial charge in [0.05, 0.1) is 6.54 Å². The van der Waals surface area contributed by atoms with E-state index in [1.165, 1.54) is 0 Å². The van der Waals surface area contributed by atoms with E-state index >= 15 is 0 Å². The van der Waals surface area contributed by atoms with Gasteiger partial charge in [-0.05, 0) is 25.0 Å². The van der Waals surface area contributed by atoms with Gasteiger partial charge in [0.1, 0.15) is 24.8 Å². The van der Waals surface area contributed by atoms with E-state index < -0.39 is 17.5 Å². The second-order valence-corrected chi connectivity index (χ2v) is 6.91. The van der Waals surface area contributed by atoms with Crippen molar-refractivity contribution in [1.82, 2.24) is 15.5 Å². The lowest BCUT2D eigenvalue weighted by molar-refractivity contribution is -0.135. The fourth-order valence-electron chi connectivity index (χ4n) is 3.73. The Morgan fingerprint density at radius 2 is 1.96 bits per heavy atom. The normalized spacial score (nSPS) is 23.2. The fraction of sp³-hybridized carbons (Fsp3) is 0.500. The van der Waals surface area contributed by atoms with E-state index in [9.17, 15) is 14.4 Å². The maximum atomic E-state index is 12.5. The molecule has 0 unspecified atom stereocenters. The first-order chi connectivity index (χ1) is 12.6. The van der Waals surface area contributed by atoms with Crippen LogP contribution >= 0.6 is 0 Å². The van der Waals surface area contributed by atoms with Gasteiger partial charge in [0.25, 0.3) is 5.91 Å². The molecule has 4 amide bonds. The van der Waals surface area contributed by atoms with E-state index in [1.54, 1.807) is 6.07 Å². The molecule has 2 fully saturated rings. The number of hydrogen-bond acceptors (Lipinski definition) is 5. The lowest BCUT2D eigenvalue weighted by Gasteiger charge is -2.26. The highest BCUT2D eigenvalue weighted by molar-refractivity contribution is 6.09. The Bertz CT molecular complexity index is 744. The predicted octanol–water partition coefficient (Wildman–Crippen LogP) is 0.807. The third-order valence-corrected chi connectivity index (χ3v) is 5.10. The second kappa shape index (κ2) is 6.51. The molecular weight excluding hydrogens is 338 g/mol. The van der Waals surface area contributed by atoms with Crippen LogP contribution in [0, 0.1) is 0 Å². The van der Waals surface area contributed by atoms with Gasteiger partial charge in [0.15, 0.2) is 11.5 Å². The lowest BCUT2D eigenvalue weighted by atomic mass is 9.98. The van der Waals surface area contributed by atoms with Crippen molar-refractivity contribution in [1.29, 1.82) is 0 Å². The summed E-state index contributed by atoms with van der Waals surface area (Å²) in [4.78, 5) is 37.8. The van der Waals surface area contributed by atoms with Crippen LogP contribution in [0.25, 0.3) is 0 Å². The highest BCUT2D eigenvalue weighted by Gasteiger charge is 2.52. The second-order valence-electron chi connectivity index (χ2n) is 6.91. The number of imide groups is 1. The Labute approximate surface area is 150 Å². The molecule has 138 valence electrons. The molecule has 8 heteroatoms. The van der Waals surface area contributed by atoms with E-state index in [0.29, 0.717) is 30.9 Å². The zero-order valence-electron chi connectivity index (χ0n) is 14.3. The highest BCUT2D eigenvalue weighted by atomic mass is 16.6. The minimum absolute atomic E-state index is 0.238. The number of nitrogens with zero attached hydrogens (tertiary/aromatic N) is 1. The molecule has 1 saturated carbocycles. The number of ether oxygens (including phenoxy) is 2. The Kier molecular flexibility index (Phi) is 4.18. The van der Waals surface area contributed by atoms with Crippen molar-refractivity contribution in [3.05, 3.63) is 24.3 Å². The number of carbonyl (C=O) groups excluding carboxylic acids is 3. The molecule has 0 bridgehead atoms. The van der Waals surface area contributed by atoms with Gasteiger partial charge in [-0.2, -0.15) is 0 Å². The van der Waals surface area contributed by atoms with E-state index in [-0.39, 0.29) is 25.1 Å². The minimum Gasteiger partial charge on any atom is -0.486 e. The summed E-state index contributed by atoms with van der Waals surface area (Å²) in [5.74, 6) is 0.624. The number of amides is 4. The Balaban J connectivity index is 1.30. The lowest BCUT2D eigenvalue weighted by Crippen LogP contribution is -2.47. The summed E-state index contributed by atoms with van der Waals surface area (Å²) in [7, 11) is 0. The van der Waals surface area contributed by atoms with E-state index in [2.05, 4.69) is 10.6 Å². The average Bonchev–Trinajstić information content (AvgIpc) is 3.21. The van der Waals surface area contributed by atoms with Crippen molar-refractivity contribution in [3.8, 4) is 11.5 Å². The molecule has 0 radical (unpaired) electrons. The summed E-state index contributed by atoms with van der Waals surface area (Å²) in [6.45, 7) is 0.280. The number of benzene rings is 1. The van der Waals surface area contributed by atoms with Gasteiger partial charge < -0.3 is 20.1 Å². The molecule has 8 nitrogen and oxygen atoms in total. The smallest absolute Gasteiger partial charge is 0.325 e. The number of hydrogen-bond donors (Lipinski definition) is 2. The number of fused-ring (bicyclic) bond motifs is 1. The maximum Gasteiger partial charge on any atom is 0.325 e. The average molecular weight is 359 g/mol. The largest absolute Gasteiger partial charge is 0.486 e. The molecule has 0 aromatic heterocycles. The third-order valence-electron chi connectivity index (χ3n) is 5.10. The first-order valence-electron chi connectivity index (χ1n) is 8.87. The standard InChI is InChI=1S/C18H21N3O5/c22-15(10-21-16(23)18(20-17(21)24)7-3-4-8-18)19-9-12-11-25-13-5-1-2-6-14(13)26-12/h1-2,5-6,12H,3-4,7-11H2,(H,19,22)(H,20,24)/t12-/m0/s1. The van der Waals surface area contributed by atoms with Crippen molar-refractivity contribution in [2.75, 3.05) is 19.7 Å². The highest BCUT2D eigenvalue weighted by Crippen LogP contribution is 2.35. The summed E-state index contributed by atoms with van der Waals surface area (Å²) in [5, 5.41) is 5.48. The van der Waals surface area contributed by atoms with Gasteiger partial charge in [-0.3, -0.25) is 14.5 Å². The number of urea groups is 1. The summed E-state index contributed by atoms with van der Waals surface area (Å²) < 4.78 is 11.4. The van der Waals surface area contributed by atoms with E-state index in [0.717, 1.165) is 17.7 Å². The first kappa shape index (κ1) is 16.7. The maximum absolute atomic E-state index is 12.5. The topological polar surface area (TPSA) is 97.0 Å². The first-order valence-corrected chi connectivity index (χ1v) is 8.87. The molecule has 2 aliphatic heterocycles. The molecule has 2 heterocycles. The number of nitrogens with one attached hydrogen (secondary N) is 2. The van der Waals surface area contributed by atoms with Crippen molar-refractivity contribution < 1.29 is 23.9 Å². The quantitative estimate of drug-likeness (QED) is 0.776. The molecule has 4 rings (SSSR count). The van der Waals surface area contributed by atoms with Crippen molar-refractivity contribution in [2.24, 2.45) is 0 Å².